The van der Waals surface area contributed by atoms with Crippen LogP contribution in [0.1, 0.15) is 24.4 Å². The Morgan fingerprint density at radius 2 is 1.95 bits per heavy atom. The molecule has 0 aromatic heterocycles. The van der Waals surface area contributed by atoms with Crippen LogP contribution in [-0.2, 0) is 4.79 Å². The normalized spacial score (nSPS) is 26.7. The molecule has 1 aromatic rings. The molecule has 2 unspecified atom stereocenters. The van der Waals surface area contributed by atoms with Gasteiger partial charge < -0.3 is 4.90 Å². The van der Waals surface area contributed by atoms with Crippen molar-refractivity contribution in [3.63, 3.8) is 0 Å². The fraction of sp³-hybridized carbons (Fsp3) is 0.562. The van der Waals surface area contributed by atoms with E-state index in [4.69, 9.17) is 0 Å². The summed E-state index contributed by atoms with van der Waals surface area (Å²) in [7, 11) is 1.98. The second kappa shape index (κ2) is 6.81. The van der Waals surface area contributed by atoms with Crippen molar-refractivity contribution in [2.24, 2.45) is 5.92 Å². The molecule has 1 aromatic carbocycles. The van der Waals surface area contributed by atoms with E-state index in [1.54, 1.807) is 0 Å². The van der Waals surface area contributed by atoms with Gasteiger partial charge in [-0.15, -0.1) is 0 Å². The van der Waals surface area contributed by atoms with E-state index in [1.807, 2.05) is 41.9 Å². The molecule has 2 N–H and O–H groups in total. The number of nitrogens with zero attached hydrogens (tertiary/aromatic N) is 1. The van der Waals surface area contributed by atoms with Crippen molar-refractivity contribution >= 4 is 17.7 Å². The Morgan fingerprint density at radius 3 is 2.67 bits per heavy atom. The summed E-state index contributed by atoms with van der Waals surface area (Å²) >= 11 is 1.99. The minimum atomic E-state index is -0.0213. The fourth-order valence-corrected chi connectivity index (χ4v) is 4.30. The molecule has 1 amide bonds. The van der Waals surface area contributed by atoms with Crippen molar-refractivity contribution < 1.29 is 4.79 Å². The van der Waals surface area contributed by atoms with E-state index in [0.29, 0.717) is 12.6 Å². The highest BCUT2D eigenvalue weighted by atomic mass is 32.2. The highest BCUT2D eigenvalue weighted by molar-refractivity contribution is 7.99. The summed E-state index contributed by atoms with van der Waals surface area (Å²) in [6, 6.07) is 10.7. The third-order valence-corrected chi connectivity index (χ3v) is 5.59. The third-order valence-electron chi connectivity index (χ3n) is 4.54. The lowest BCUT2D eigenvalue weighted by Gasteiger charge is -2.33. The highest BCUT2D eigenvalue weighted by Gasteiger charge is 2.37. The Kier molecular flexibility index (Phi) is 4.83. The van der Waals surface area contributed by atoms with Crippen LogP contribution in [0.4, 0.5) is 0 Å². The van der Waals surface area contributed by atoms with Gasteiger partial charge in [-0.1, -0.05) is 30.3 Å². The molecule has 2 aliphatic heterocycles. The minimum Gasteiger partial charge on any atom is -0.342 e. The van der Waals surface area contributed by atoms with E-state index in [1.165, 1.54) is 17.1 Å². The molecule has 0 aliphatic carbocycles. The van der Waals surface area contributed by atoms with Gasteiger partial charge in [-0.05, 0) is 29.9 Å². The van der Waals surface area contributed by atoms with Crippen LogP contribution in [0.5, 0.6) is 0 Å². The quantitative estimate of drug-likeness (QED) is 0.894. The van der Waals surface area contributed by atoms with Gasteiger partial charge in [-0.2, -0.15) is 11.8 Å². The molecular weight excluding hydrogens is 282 g/mol. The van der Waals surface area contributed by atoms with Crippen LogP contribution in [0.15, 0.2) is 30.3 Å². The maximum absolute atomic E-state index is 12.9. The first kappa shape index (κ1) is 14.9. The summed E-state index contributed by atoms with van der Waals surface area (Å²) in [6.45, 7) is 0.699. The fourth-order valence-electron chi connectivity index (χ4n) is 3.22. The lowest BCUT2D eigenvalue weighted by Crippen LogP contribution is -2.44. The number of thioether (sulfide) groups is 1. The SMILES string of the molecule is CN(C(=O)C1CNNC1c1ccccc1)C1CCSCC1. The lowest BCUT2D eigenvalue weighted by molar-refractivity contribution is -0.136. The Labute approximate surface area is 130 Å². The summed E-state index contributed by atoms with van der Waals surface area (Å²) in [5, 5.41) is 0. The second-order valence-electron chi connectivity index (χ2n) is 5.81. The van der Waals surface area contributed by atoms with Gasteiger partial charge in [-0.25, -0.2) is 5.43 Å². The molecule has 0 saturated carbocycles. The van der Waals surface area contributed by atoms with Gasteiger partial charge in [0.05, 0.1) is 12.0 Å². The standard InChI is InChI=1S/C16H23N3OS/c1-19(13-7-9-21-10-8-13)16(20)14-11-17-18-15(14)12-5-3-2-4-6-12/h2-6,13-15,17-18H,7-11H2,1H3. The average molecular weight is 305 g/mol. The summed E-state index contributed by atoms with van der Waals surface area (Å²) < 4.78 is 0. The first-order valence-electron chi connectivity index (χ1n) is 7.65. The van der Waals surface area contributed by atoms with E-state index >= 15 is 0 Å². The Morgan fingerprint density at radius 1 is 1.24 bits per heavy atom. The first-order valence-corrected chi connectivity index (χ1v) is 8.80. The highest BCUT2D eigenvalue weighted by Crippen LogP contribution is 2.28. The number of amides is 1. The summed E-state index contributed by atoms with van der Waals surface area (Å²) in [4.78, 5) is 14.9. The summed E-state index contributed by atoms with van der Waals surface area (Å²) in [5.74, 6) is 2.59. The van der Waals surface area contributed by atoms with E-state index in [2.05, 4.69) is 23.0 Å². The Bertz CT molecular complexity index is 476. The molecule has 2 aliphatic rings. The topological polar surface area (TPSA) is 44.4 Å². The average Bonchev–Trinajstić information content (AvgIpc) is 3.04. The Balaban J connectivity index is 1.70. The number of hydrogen-bond acceptors (Lipinski definition) is 4. The number of hydrazine groups is 1. The zero-order valence-corrected chi connectivity index (χ0v) is 13.2. The number of benzene rings is 1. The molecule has 21 heavy (non-hydrogen) atoms. The van der Waals surface area contributed by atoms with Crippen LogP contribution in [0.2, 0.25) is 0 Å². The van der Waals surface area contributed by atoms with Crippen molar-refractivity contribution in [2.75, 3.05) is 25.1 Å². The maximum atomic E-state index is 12.9. The number of carbonyl (C=O) groups excluding carboxylic acids is 1. The van der Waals surface area contributed by atoms with Crippen LogP contribution in [0, 0.1) is 5.92 Å². The molecule has 2 saturated heterocycles. The van der Waals surface area contributed by atoms with E-state index in [9.17, 15) is 4.79 Å². The van der Waals surface area contributed by atoms with Crippen molar-refractivity contribution in [3.05, 3.63) is 35.9 Å². The molecule has 0 bridgehead atoms. The molecular formula is C16H23N3OS. The minimum absolute atomic E-state index is 0.0213. The molecule has 4 nitrogen and oxygen atoms in total. The van der Waals surface area contributed by atoms with Crippen LogP contribution >= 0.6 is 11.8 Å². The predicted molar refractivity (Wildman–Crippen MR) is 86.9 cm³/mol. The van der Waals surface area contributed by atoms with Crippen LogP contribution in [0.3, 0.4) is 0 Å². The summed E-state index contributed by atoms with van der Waals surface area (Å²) in [6.07, 6.45) is 2.24. The van der Waals surface area contributed by atoms with Crippen molar-refractivity contribution in [3.8, 4) is 0 Å². The number of hydrogen-bond donors (Lipinski definition) is 2. The van der Waals surface area contributed by atoms with Gasteiger partial charge in [-0.3, -0.25) is 10.2 Å². The predicted octanol–water partition coefficient (Wildman–Crippen LogP) is 1.81. The zero-order chi connectivity index (χ0) is 14.7. The second-order valence-corrected chi connectivity index (χ2v) is 7.04. The molecule has 2 fully saturated rings. The van der Waals surface area contributed by atoms with Crippen molar-refractivity contribution in [2.45, 2.75) is 24.9 Å². The lowest BCUT2D eigenvalue weighted by atomic mass is 9.93. The van der Waals surface area contributed by atoms with Gasteiger partial charge in [0.15, 0.2) is 0 Å². The monoisotopic (exact) mass is 305 g/mol. The molecule has 5 heteroatoms. The van der Waals surface area contributed by atoms with E-state index in [-0.39, 0.29) is 17.9 Å². The van der Waals surface area contributed by atoms with Gasteiger partial charge in [0.25, 0.3) is 0 Å². The van der Waals surface area contributed by atoms with Gasteiger partial charge >= 0.3 is 0 Å². The first-order chi connectivity index (χ1) is 10.3. The summed E-state index contributed by atoms with van der Waals surface area (Å²) in [5.41, 5.74) is 7.59. The van der Waals surface area contributed by atoms with Gasteiger partial charge in [0.1, 0.15) is 0 Å². The van der Waals surface area contributed by atoms with Gasteiger partial charge in [0, 0.05) is 19.6 Å². The van der Waals surface area contributed by atoms with Crippen LogP contribution in [-0.4, -0.2) is 41.9 Å². The van der Waals surface area contributed by atoms with E-state index < -0.39 is 0 Å². The number of carbonyl (C=O) groups is 1. The van der Waals surface area contributed by atoms with Crippen molar-refractivity contribution in [1.29, 1.82) is 0 Å². The molecule has 114 valence electrons. The third kappa shape index (κ3) is 3.25. The number of rotatable bonds is 3. The maximum Gasteiger partial charge on any atom is 0.229 e. The molecule has 0 spiro atoms. The van der Waals surface area contributed by atoms with Crippen LogP contribution in [0.25, 0.3) is 0 Å². The largest absolute Gasteiger partial charge is 0.342 e. The van der Waals surface area contributed by atoms with Crippen LogP contribution < -0.4 is 10.9 Å². The number of nitrogens with one attached hydrogen (secondary N) is 2. The van der Waals surface area contributed by atoms with E-state index in [0.717, 1.165) is 12.8 Å². The molecule has 2 heterocycles. The molecule has 2 atom stereocenters. The van der Waals surface area contributed by atoms with Crippen molar-refractivity contribution in [1.82, 2.24) is 15.8 Å². The van der Waals surface area contributed by atoms with Gasteiger partial charge in [0.2, 0.25) is 5.91 Å². The smallest absolute Gasteiger partial charge is 0.229 e. The zero-order valence-electron chi connectivity index (χ0n) is 12.4. The molecule has 3 rings (SSSR count). The molecule has 0 radical (unpaired) electrons. The Hall–Kier alpha value is -1.04.